The van der Waals surface area contributed by atoms with Crippen LogP contribution in [0.2, 0.25) is 0 Å². The lowest BCUT2D eigenvalue weighted by molar-refractivity contribution is 0.281. The number of rotatable bonds is 10. The molecule has 2 aromatic carbocycles. The van der Waals surface area contributed by atoms with Gasteiger partial charge in [-0.2, -0.15) is 8.42 Å². The van der Waals surface area contributed by atoms with Crippen molar-refractivity contribution in [2.45, 2.75) is 31.3 Å². The maximum Gasteiger partial charge on any atom is 0.287 e. The van der Waals surface area contributed by atoms with Crippen LogP contribution in [0.25, 0.3) is 0 Å². The number of benzene rings is 2. The first-order valence-electron chi connectivity index (χ1n) is 9.08. The van der Waals surface area contributed by atoms with Gasteiger partial charge in [-0.05, 0) is 36.2 Å². The van der Waals surface area contributed by atoms with Gasteiger partial charge in [-0.15, -0.1) is 4.40 Å². The summed E-state index contributed by atoms with van der Waals surface area (Å²) in [6, 6.07) is 12.0. The Labute approximate surface area is 166 Å². The molecule has 8 heteroatoms. The van der Waals surface area contributed by atoms with Crippen LogP contribution in [-0.2, 0) is 16.6 Å². The molecule has 7 nitrogen and oxygen atoms in total. The van der Waals surface area contributed by atoms with Gasteiger partial charge in [0, 0.05) is 20.6 Å². The molecule has 0 unspecified atom stereocenters. The van der Waals surface area contributed by atoms with Gasteiger partial charge in [0.25, 0.3) is 10.0 Å². The van der Waals surface area contributed by atoms with Gasteiger partial charge in [0.15, 0.2) is 5.75 Å². The van der Waals surface area contributed by atoms with E-state index in [0.717, 1.165) is 12.8 Å². The molecule has 0 aliphatic carbocycles. The summed E-state index contributed by atoms with van der Waals surface area (Å²) in [5.41, 5.74) is 0.959. The summed E-state index contributed by atoms with van der Waals surface area (Å²) in [6.45, 7) is 2.42. The van der Waals surface area contributed by atoms with E-state index in [-0.39, 0.29) is 17.3 Å². The fourth-order valence-corrected chi connectivity index (χ4v) is 3.51. The predicted molar refractivity (Wildman–Crippen MR) is 112 cm³/mol. The van der Waals surface area contributed by atoms with Crippen LogP contribution >= 0.6 is 0 Å². The van der Waals surface area contributed by atoms with E-state index in [9.17, 15) is 13.5 Å². The minimum atomic E-state index is -4.04. The fourth-order valence-electron chi connectivity index (χ4n) is 2.40. The number of hydrogen-bond donors (Lipinski definition) is 2. The normalized spacial score (nSPS) is 11.6. The van der Waals surface area contributed by atoms with Gasteiger partial charge in [-0.3, -0.25) is 0 Å². The summed E-state index contributed by atoms with van der Waals surface area (Å²) >= 11 is 0. The quantitative estimate of drug-likeness (QED) is 0.357. The summed E-state index contributed by atoms with van der Waals surface area (Å²) in [5, 5.41) is 12.8. The van der Waals surface area contributed by atoms with Crippen molar-refractivity contribution in [1.29, 1.82) is 0 Å². The molecule has 0 heterocycles. The second kappa shape index (κ2) is 10.1. The average molecular weight is 406 g/mol. The minimum absolute atomic E-state index is 0.0972. The number of sulfonamides is 1. The standard InChI is InChI=1S/C20H27N3O4S/c1-4-5-11-21-18-12-16(14-24)13-19(28(25,26)22-15-23(2)3)20(18)27-17-9-7-6-8-10-17/h6-10,12-13,15,21,24H,4-5,11,14H2,1-3H3/b22-15+. The molecule has 0 spiro atoms. The minimum Gasteiger partial charge on any atom is -0.454 e. The van der Waals surface area contributed by atoms with E-state index in [1.807, 2.05) is 6.07 Å². The van der Waals surface area contributed by atoms with Crippen LogP contribution in [0.15, 0.2) is 51.8 Å². The molecule has 0 aliphatic rings. The summed E-state index contributed by atoms with van der Waals surface area (Å²) in [7, 11) is -0.674. The number of aliphatic hydroxyl groups is 1. The molecule has 0 amide bonds. The Bertz CT molecular complexity index is 897. The molecule has 28 heavy (non-hydrogen) atoms. The molecule has 0 saturated heterocycles. The number of para-hydroxylation sites is 1. The van der Waals surface area contributed by atoms with E-state index in [1.54, 1.807) is 44.4 Å². The van der Waals surface area contributed by atoms with Crippen LogP contribution in [0, 0.1) is 0 Å². The number of hydrogen-bond acceptors (Lipinski definition) is 5. The van der Waals surface area contributed by atoms with Crippen molar-refractivity contribution >= 4 is 22.0 Å². The number of nitrogens with one attached hydrogen (secondary N) is 1. The smallest absolute Gasteiger partial charge is 0.287 e. The molecule has 0 radical (unpaired) electrons. The van der Waals surface area contributed by atoms with Crippen molar-refractivity contribution < 1.29 is 18.3 Å². The third-order valence-electron chi connectivity index (χ3n) is 3.80. The van der Waals surface area contributed by atoms with Gasteiger partial charge in [0.05, 0.1) is 12.3 Å². The molecular weight excluding hydrogens is 378 g/mol. The Morgan fingerprint density at radius 1 is 1.21 bits per heavy atom. The van der Waals surface area contributed by atoms with Crippen LogP contribution in [0.3, 0.4) is 0 Å². The van der Waals surface area contributed by atoms with Crippen LogP contribution in [0.4, 0.5) is 5.69 Å². The predicted octanol–water partition coefficient (Wildman–Crippen LogP) is 3.46. The lowest BCUT2D eigenvalue weighted by Crippen LogP contribution is -2.12. The lowest BCUT2D eigenvalue weighted by atomic mass is 10.2. The van der Waals surface area contributed by atoms with Gasteiger partial charge in [0.1, 0.15) is 17.0 Å². The molecule has 0 bridgehead atoms. The molecule has 0 fully saturated rings. The first kappa shape index (κ1) is 21.7. The largest absolute Gasteiger partial charge is 0.454 e. The maximum atomic E-state index is 12.9. The van der Waals surface area contributed by atoms with Gasteiger partial charge >= 0.3 is 0 Å². The van der Waals surface area contributed by atoms with Gasteiger partial charge in [-0.1, -0.05) is 31.5 Å². The Morgan fingerprint density at radius 3 is 2.54 bits per heavy atom. The van der Waals surface area contributed by atoms with Crippen molar-refractivity contribution in [1.82, 2.24) is 4.90 Å². The summed E-state index contributed by atoms with van der Waals surface area (Å²) < 4.78 is 35.4. The molecule has 152 valence electrons. The van der Waals surface area contributed by atoms with Gasteiger partial charge in [0.2, 0.25) is 0 Å². The van der Waals surface area contributed by atoms with Crippen molar-refractivity contribution in [3.8, 4) is 11.5 Å². The second-order valence-corrected chi connectivity index (χ2v) is 8.08. The Balaban J connectivity index is 2.60. The molecule has 0 aromatic heterocycles. The number of nitrogens with zero attached hydrogens (tertiary/aromatic N) is 2. The number of unbranched alkanes of at least 4 members (excludes halogenated alkanes) is 1. The molecule has 2 N–H and O–H groups in total. The zero-order valence-electron chi connectivity index (χ0n) is 16.4. The molecule has 0 atom stereocenters. The second-order valence-electron chi connectivity index (χ2n) is 6.48. The fraction of sp³-hybridized carbons (Fsp3) is 0.350. The zero-order chi connectivity index (χ0) is 20.6. The highest BCUT2D eigenvalue weighted by molar-refractivity contribution is 7.90. The van der Waals surface area contributed by atoms with Gasteiger partial charge in [-0.25, -0.2) is 0 Å². The van der Waals surface area contributed by atoms with E-state index < -0.39 is 10.0 Å². The van der Waals surface area contributed by atoms with E-state index in [0.29, 0.717) is 23.5 Å². The van der Waals surface area contributed by atoms with Crippen LogP contribution in [-0.4, -0.2) is 45.4 Å². The number of aliphatic hydroxyl groups excluding tert-OH is 1. The highest BCUT2D eigenvalue weighted by Gasteiger charge is 2.24. The third kappa shape index (κ3) is 5.97. The monoisotopic (exact) mass is 405 g/mol. The first-order valence-corrected chi connectivity index (χ1v) is 10.5. The van der Waals surface area contributed by atoms with E-state index in [1.165, 1.54) is 17.3 Å². The first-order chi connectivity index (χ1) is 13.4. The number of anilines is 1. The molecule has 0 saturated carbocycles. The van der Waals surface area contributed by atoms with Crippen molar-refractivity contribution in [3.05, 3.63) is 48.0 Å². The number of ether oxygens (including phenoxy) is 1. The van der Waals surface area contributed by atoms with Crippen molar-refractivity contribution in [2.24, 2.45) is 4.40 Å². The highest BCUT2D eigenvalue weighted by atomic mass is 32.2. The van der Waals surface area contributed by atoms with E-state index in [2.05, 4.69) is 16.6 Å². The SMILES string of the molecule is CCCCNc1cc(CO)cc(S(=O)(=O)/N=C/N(C)C)c1Oc1ccccc1. The molecule has 0 aliphatic heterocycles. The summed E-state index contributed by atoms with van der Waals surface area (Å²) in [6.07, 6.45) is 3.12. The Kier molecular flexibility index (Phi) is 7.83. The maximum absolute atomic E-state index is 12.9. The van der Waals surface area contributed by atoms with Gasteiger partial charge < -0.3 is 20.1 Å². The van der Waals surface area contributed by atoms with Crippen molar-refractivity contribution in [3.63, 3.8) is 0 Å². The molecule has 2 aromatic rings. The summed E-state index contributed by atoms with van der Waals surface area (Å²) in [5.74, 6) is 0.668. The van der Waals surface area contributed by atoms with Crippen molar-refractivity contribution in [2.75, 3.05) is 26.0 Å². The Morgan fingerprint density at radius 2 is 1.93 bits per heavy atom. The average Bonchev–Trinajstić information content (AvgIpc) is 2.68. The highest BCUT2D eigenvalue weighted by Crippen LogP contribution is 2.38. The topological polar surface area (TPSA) is 91.2 Å². The summed E-state index contributed by atoms with van der Waals surface area (Å²) in [4.78, 5) is 1.44. The molecular formula is C20H27N3O4S. The lowest BCUT2D eigenvalue weighted by Gasteiger charge is -2.17. The third-order valence-corrected chi connectivity index (χ3v) is 5.03. The molecule has 2 rings (SSSR count). The van der Waals surface area contributed by atoms with E-state index >= 15 is 0 Å². The van der Waals surface area contributed by atoms with Crippen LogP contribution in [0.5, 0.6) is 11.5 Å². The van der Waals surface area contributed by atoms with Crippen LogP contribution in [0.1, 0.15) is 25.3 Å². The van der Waals surface area contributed by atoms with E-state index in [4.69, 9.17) is 4.74 Å². The Hall–Kier alpha value is -2.58. The van der Waals surface area contributed by atoms with Crippen LogP contribution < -0.4 is 10.1 Å². The zero-order valence-corrected chi connectivity index (χ0v) is 17.2.